The van der Waals surface area contributed by atoms with E-state index in [1.165, 1.54) is 0 Å². The summed E-state index contributed by atoms with van der Waals surface area (Å²) in [7, 11) is -1.68. The molecule has 5 atom stereocenters. The van der Waals surface area contributed by atoms with Crippen LogP contribution in [0.25, 0.3) is 33.4 Å². The van der Waals surface area contributed by atoms with Gasteiger partial charge in [0.2, 0.25) is 11.8 Å². The van der Waals surface area contributed by atoms with E-state index in [0.29, 0.717) is 62.9 Å². The summed E-state index contributed by atoms with van der Waals surface area (Å²) in [5.41, 5.74) is 11.5. The number of primary amides is 1. The van der Waals surface area contributed by atoms with E-state index in [1.54, 1.807) is 48.9 Å². The molecule has 334 valence electrons. The van der Waals surface area contributed by atoms with Crippen molar-refractivity contribution < 1.29 is 27.2 Å². The minimum atomic E-state index is -3.31. The highest BCUT2D eigenvalue weighted by molar-refractivity contribution is 7.91. The van der Waals surface area contributed by atoms with Crippen molar-refractivity contribution in [1.29, 1.82) is 10.5 Å². The maximum absolute atomic E-state index is 14.3. The van der Waals surface area contributed by atoms with Gasteiger partial charge in [-0.1, -0.05) is 80.1 Å². The summed E-state index contributed by atoms with van der Waals surface area (Å²) in [6.07, 6.45) is 4.38. The number of fused-ring (bicyclic) bond motifs is 1. The van der Waals surface area contributed by atoms with E-state index < -0.39 is 51.1 Å². The molecule has 3 unspecified atom stereocenters. The number of hydrogen-bond acceptors (Lipinski definition) is 11. The Hall–Kier alpha value is -6.10. The molecule has 1 aromatic heterocycles. The van der Waals surface area contributed by atoms with E-state index in [9.17, 15) is 33.3 Å². The highest BCUT2D eigenvalue weighted by Gasteiger charge is 2.51. The third-order valence-corrected chi connectivity index (χ3v) is 14.7. The van der Waals surface area contributed by atoms with Crippen molar-refractivity contribution in [1.82, 2.24) is 20.1 Å². The number of ether oxygens (including phenoxy) is 1. The predicted molar refractivity (Wildman–Crippen MR) is 243 cm³/mol. The van der Waals surface area contributed by atoms with Crippen LogP contribution in [0.4, 0.5) is 0 Å². The van der Waals surface area contributed by atoms with Gasteiger partial charge >= 0.3 is 5.76 Å². The molecular formula is C49H55N7O7S. The lowest BCUT2D eigenvalue weighted by Crippen LogP contribution is -2.70. The van der Waals surface area contributed by atoms with E-state index in [2.05, 4.69) is 27.7 Å². The molecule has 2 saturated heterocycles. The minimum absolute atomic E-state index is 0.0272. The number of aromatic nitrogens is 1. The molecule has 7 rings (SSSR count). The third-order valence-electron chi connectivity index (χ3n) is 13.0. The standard InChI is InChI=1S/C49H55N7O7S/c1-3-64(60,61)41-19-16-36(17-20-41)35-12-10-34(11-13-35)28-40(31-51)54-47(58)43-7-4-5-25-56(43)49(23-22-42(46(52)57)53-32-49)39(30-50)27-33-8-14-37(15-9-33)38-18-21-45-44(29-38)55(48(59)63-45)24-6-26-62-2/h8-21,29,39-40,42-43,53H,3-7,22-28,32H2,1-2H3,(H2,52,57)(H,54,58)/t39?,40?,42-,43-,49?/m0/s1. The van der Waals surface area contributed by atoms with Crippen LogP contribution in [-0.4, -0.2) is 85.9 Å². The van der Waals surface area contributed by atoms with Crippen LogP contribution < -0.4 is 22.1 Å². The number of carbonyl (C=O) groups is 2. The summed E-state index contributed by atoms with van der Waals surface area (Å²) in [5, 5.41) is 27.6. The van der Waals surface area contributed by atoms with Crippen molar-refractivity contribution in [2.24, 2.45) is 11.7 Å². The lowest BCUT2D eigenvalue weighted by molar-refractivity contribution is -0.135. The van der Waals surface area contributed by atoms with E-state index >= 15 is 0 Å². The Morgan fingerprint density at radius 3 is 2.16 bits per heavy atom. The molecule has 0 spiro atoms. The van der Waals surface area contributed by atoms with Gasteiger partial charge in [-0.2, -0.15) is 10.5 Å². The first-order valence-corrected chi connectivity index (χ1v) is 23.6. The predicted octanol–water partition coefficient (Wildman–Crippen LogP) is 5.52. The van der Waals surface area contributed by atoms with Gasteiger partial charge in [-0.15, -0.1) is 0 Å². The number of hydrogen-bond donors (Lipinski definition) is 3. The highest BCUT2D eigenvalue weighted by atomic mass is 32.2. The van der Waals surface area contributed by atoms with Gasteiger partial charge in [0.05, 0.1) is 51.8 Å². The molecule has 0 radical (unpaired) electrons. The van der Waals surface area contributed by atoms with E-state index in [4.69, 9.17) is 14.9 Å². The fraction of sp³-hybridized carbons (Fsp3) is 0.408. The van der Waals surface area contributed by atoms with Crippen LogP contribution in [0, 0.1) is 28.6 Å². The number of rotatable bonds is 17. The number of aryl methyl sites for hydroxylation is 1. The average Bonchev–Trinajstić information content (AvgIpc) is 3.64. The zero-order valence-electron chi connectivity index (χ0n) is 36.3. The van der Waals surface area contributed by atoms with Gasteiger partial charge in [0.25, 0.3) is 0 Å². The van der Waals surface area contributed by atoms with Gasteiger partial charge in [0, 0.05) is 33.2 Å². The molecule has 5 aromatic rings. The Morgan fingerprint density at radius 2 is 1.56 bits per heavy atom. The molecule has 64 heavy (non-hydrogen) atoms. The molecular weight excluding hydrogens is 831 g/mol. The van der Waals surface area contributed by atoms with Crippen LogP contribution in [0.2, 0.25) is 0 Å². The fourth-order valence-corrected chi connectivity index (χ4v) is 10.2. The molecule has 0 saturated carbocycles. The Labute approximate surface area is 373 Å². The van der Waals surface area contributed by atoms with Gasteiger partial charge in [0.1, 0.15) is 6.04 Å². The zero-order valence-corrected chi connectivity index (χ0v) is 37.1. The van der Waals surface area contributed by atoms with Crippen LogP contribution in [0.3, 0.4) is 0 Å². The Bertz CT molecular complexity index is 2690. The van der Waals surface area contributed by atoms with Crippen molar-refractivity contribution in [2.45, 2.75) is 93.4 Å². The smallest absolute Gasteiger partial charge is 0.408 e. The lowest BCUT2D eigenvalue weighted by atomic mass is 9.71. The molecule has 4 aromatic carbocycles. The van der Waals surface area contributed by atoms with Gasteiger partial charge in [0.15, 0.2) is 15.4 Å². The summed E-state index contributed by atoms with van der Waals surface area (Å²) in [5.74, 6) is -1.70. The number of likely N-dealkylation sites (tertiary alicyclic amines) is 1. The second-order valence-corrected chi connectivity index (χ2v) is 19.1. The van der Waals surface area contributed by atoms with Crippen molar-refractivity contribution in [3.05, 3.63) is 113 Å². The summed E-state index contributed by atoms with van der Waals surface area (Å²) in [6.45, 7) is 3.45. The summed E-state index contributed by atoms with van der Waals surface area (Å²) in [4.78, 5) is 41.7. The van der Waals surface area contributed by atoms with E-state index in [1.807, 2.05) is 60.7 Å². The van der Waals surface area contributed by atoms with Gasteiger partial charge in [-0.25, -0.2) is 13.2 Å². The number of nitriles is 2. The maximum Gasteiger partial charge on any atom is 0.419 e. The Balaban J connectivity index is 1.08. The number of amides is 2. The normalized spacial score (nSPS) is 20.2. The molecule has 2 amide bonds. The molecule has 2 fully saturated rings. The monoisotopic (exact) mass is 885 g/mol. The van der Waals surface area contributed by atoms with Crippen LogP contribution in [0.1, 0.15) is 56.6 Å². The molecule has 4 N–H and O–H groups in total. The zero-order chi connectivity index (χ0) is 45.4. The molecule has 0 bridgehead atoms. The van der Waals surface area contributed by atoms with Crippen molar-refractivity contribution >= 4 is 32.8 Å². The number of piperidine rings is 2. The van der Waals surface area contributed by atoms with Gasteiger partial charge in [-0.3, -0.25) is 19.1 Å². The Morgan fingerprint density at radius 1 is 0.922 bits per heavy atom. The molecule has 3 heterocycles. The first-order chi connectivity index (χ1) is 30.9. The second-order valence-electron chi connectivity index (χ2n) is 16.8. The fourth-order valence-electron chi connectivity index (χ4n) is 9.34. The maximum atomic E-state index is 14.3. The molecule has 2 aliphatic rings. The number of nitrogens with one attached hydrogen (secondary N) is 2. The largest absolute Gasteiger partial charge is 0.419 e. The van der Waals surface area contributed by atoms with Crippen LogP contribution >= 0.6 is 0 Å². The first kappa shape index (κ1) is 45.9. The third kappa shape index (κ3) is 9.98. The van der Waals surface area contributed by atoms with Crippen molar-refractivity contribution in [3.63, 3.8) is 0 Å². The number of oxazole rings is 1. The van der Waals surface area contributed by atoms with Crippen molar-refractivity contribution in [2.75, 3.05) is 32.6 Å². The highest BCUT2D eigenvalue weighted by Crippen LogP contribution is 2.40. The number of sulfone groups is 1. The number of benzene rings is 4. The Kier molecular flexibility index (Phi) is 14.5. The second kappa shape index (κ2) is 20.2. The SMILES string of the molecule is CCS(=O)(=O)c1ccc(-c2ccc(CC(C#N)NC(=O)[C@@H]3CCCCN3C3(C(C#N)Cc4ccc(-c5ccc6oc(=O)n(CCCOC)c6c5)cc4)CC[C@@H](C(N)=O)NC3)cc2)cc1. The number of carbonyl (C=O) groups excluding carboxylic acids is 2. The van der Waals surface area contributed by atoms with Gasteiger partial charge < -0.3 is 25.5 Å². The summed E-state index contributed by atoms with van der Waals surface area (Å²) < 4.78 is 36.8. The number of nitrogens with two attached hydrogens (primary N) is 1. The molecule has 2 aliphatic heterocycles. The molecule has 15 heteroatoms. The number of methoxy groups -OCH3 is 1. The minimum Gasteiger partial charge on any atom is -0.408 e. The summed E-state index contributed by atoms with van der Waals surface area (Å²) in [6, 6.07) is 31.0. The van der Waals surface area contributed by atoms with Gasteiger partial charge in [-0.05, 0) is 103 Å². The van der Waals surface area contributed by atoms with E-state index in [-0.39, 0.29) is 29.5 Å². The van der Waals surface area contributed by atoms with Crippen LogP contribution in [-0.2, 0) is 43.5 Å². The topological polar surface area (TPSA) is 214 Å². The molecule has 14 nitrogen and oxygen atoms in total. The van der Waals surface area contributed by atoms with Crippen LogP contribution in [0.15, 0.2) is 105 Å². The molecule has 0 aliphatic carbocycles. The lowest BCUT2D eigenvalue weighted by Gasteiger charge is -2.54. The first-order valence-electron chi connectivity index (χ1n) is 21.9. The number of nitrogens with zero attached hydrogens (tertiary/aromatic N) is 4. The van der Waals surface area contributed by atoms with Crippen molar-refractivity contribution in [3.8, 4) is 34.4 Å². The van der Waals surface area contributed by atoms with Crippen LogP contribution in [0.5, 0.6) is 0 Å². The summed E-state index contributed by atoms with van der Waals surface area (Å²) >= 11 is 0. The average molecular weight is 886 g/mol. The van der Waals surface area contributed by atoms with E-state index in [0.717, 1.165) is 46.2 Å². The quantitative estimate of drug-likeness (QED) is 0.0989.